The molecule has 10 atom stereocenters. The van der Waals surface area contributed by atoms with Crippen molar-refractivity contribution in [2.75, 3.05) is 30.4 Å². The number of rotatable bonds is 4. The molecule has 5 N–H and O–H groups in total. The second-order valence-corrected chi connectivity index (χ2v) is 17.5. The van der Waals surface area contributed by atoms with Crippen molar-refractivity contribution in [3.63, 3.8) is 0 Å². The molecule has 342 valence electrons. The van der Waals surface area contributed by atoms with Crippen molar-refractivity contribution >= 4 is 56.2 Å². The number of benzene rings is 3. The van der Waals surface area contributed by atoms with E-state index in [4.69, 9.17) is 28.3 Å². The summed E-state index contributed by atoms with van der Waals surface area (Å²) in [5.41, 5.74) is -0.308. The van der Waals surface area contributed by atoms with Crippen LogP contribution >= 0.6 is 0 Å². The molecule has 1 saturated heterocycles. The number of phenols is 2. The topological polar surface area (TPSA) is 240 Å². The summed E-state index contributed by atoms with van der Waals surface area (Å²) in [6, 6.07) is 1.75. The van der Waals surface area contributed by atoms with Crippen molar-refractivity contribution in [3.05, 3.63) is 74.5 Å². The molecule has 4 heterocycles. The van der Waals surface area contributed by atoms with E-state index in [1.807, 2.05) is 0 Å². The van der Waals surface area contributed by atoms with E-state index < -0.39 is 83.0 Å². The fourth-order valence-corrected chi connectivity index (χ4v) is 9.33. The van der Waals surface area contributed by atoms with Gasteiger partial charge >= 0.3 is 5.97 Å². The zero-order valence-corrected chi connectivity index (χ0v) is 37.4. The maximum Gasteiger partial charge on any atom is 0.302 e. The highest BCUT2D eigenvalue weighted by Crippen LogP contribution is 2.54. The summed E-state index contributed by atoms with van der Waals surface area (Å²) < 4.78 is 30.6. The quantitative estimate of drug-likeness (QED) is 0.0459. The molecule has 17 nitrogen and oxygen atoms in total. The molecular formula is C47H56N4O13. The zero-order valence-electron chi connectivity index (χ0n) is 37.4. The summed E-state index contributed by atoms with van der Waals surface area (Å²) in [5, 5.41) is 52.4. The highest BCUT2D eigenvalue weighted by molar-refractivity contribution is 6.20. The van der Waals surface area contributed by atoms with Gasteiger partial charge in [0.15, 0.2) is 28.4 Å². The zero-order chi connectivity index (χ0) is 46.5. The van der Waals surface area contributed by atoms with Crippen LogP contribution in [0.4, 0.5) is 11.4 Å². The van der Waals surface area contributed by atoms with Gasteiger partial charge in [-0.25, -0.2) is 4.98 Å². The van der Waals surface area contributed by atoms with E-state index in [0.717, 1.165) is 25.9 Å². The van der Waals surface area contributed by atoms with Gasteiger partial charge in [-0.2, -0.15) is 0 Å². The van der Waals surface area contributed by atoms with Gasteiger partial charge in [-0.1, -0.05) is 51.1 Å². The third kappa shape index (κ3) is 8.04. The molecule has 0 radical (unpaired) electrons. The number of methoxy groups -OCH3 is 1. The van der Waals surface area contributed by atoms with Crippen LogP contribution < -0.4 is 20.4 Å². The number of hydrogen-bond acceptors (Lipinski definition) is 16. The predicted octanol–water partition coefficient (Wildman–Crippen LogP) is 6.93. The van der Waals surface area contributed by atoms with Crippen LogP contribution in [0.2, 0.25) is 0 Å². The maximum atomic E-state index is 14.4. The fourth-order valence-electron chi connectivity index (χ4n) is 9.33. The minimum absolute atomic E-state index is 0.00609. The molecule has 0 spiro atoms. The number of esters is 1. The summed E-state index contributed by atoms with van der Waals surface area (Å²) in [4.78, 5) is 60.8. The largest absolute Gasteiger partial charge is 0.505 e. The van der Waals surface area contributed by atoms with Gasteiger partial charge in [-0.15, -0.1) is 4.91 Å². The Morgan fingerprint density at radius 1 is 0.984 bits per heavy atom. The van der Waals surface area contributed by atoms with Gasteiger partial charge in [0.25, 0.3) is 11.7 Å². The SMILES string of the molecule is CO[C@H]1C=CO[C@@]2(C)Oc3c(C)c(=O)c4c(O)c(c5oc6cc(N7CCCC7)cc(O)c6nc5c4c3C2N=O)NC(=O)C(C)=CC=C[C@H](C)[C@H](O)[C@@H](C)[C@@H](O)[C@@H](C)[C@H](OC(C)=O)[C@@H]1C. The van der Waals surface area contributed by atoms with Crippen LogP contribution in [0.25, 0.3) is 33.0 Å². The fraction of sp³-hybridized carbons (Fsp3) is 0.489. The van der Waals surface area contributed by atoms with E-state index in [2.05, 4.69) is 15.4 Å². The Morgan fingerprint density at radius 2 is 1.69 bits per heavy atom. The van der Waals surface area contributed by atoms with Gasteiger partial charge in [-0.05, 0) is 32.8 Å². The predicted molar refractivity (Wildman–Crippen MR) is 239 cm³/mol. The first kappa shape index (κ1) is 46.0. The average Bonchev–Trinajstić information content (AvgIpc) is 3.91. The van der Waals surface area contributed by atoms with Crippen LogP contribution in [0, 0.1) is 35.5 Å². The number of aliphatic hydroxyl groups excluding tert-OH is 2. The number of anilines is 2. The summed E-state index contributed by atoms with van der Waals surface area (Å²) in [6.07, 6.45) is 5.48. The minimum atomic E-state index is -1.91. The molecule has 1 fully saturated rings. The number of fused-ring (bicyclic) bond motifs is 2. The lowest BCUT2D eigenvalue weighted by Gasteiger charge is -2.38. The van der Waals surface area contributed by atoms with Gasteiger partial charge in [0.2, 0.25) is 0 Å². The number of nitroso groups, excluding NO2 is 1. The van der Waals surface area contributed by atoms with Gasteiger partial charge in [0.05, 0.1) is 30.0 Å². The summed E-state index contributed by atoms with van der Waals surface area (Å²) >= 11 is 0. The van der Waals surface area contributed by atoms with Crippen LogP contribution in [-0.4, -0.2) is 87.7 Å². The van der Waals surface area contributed by atoms with Gasteiger partial charge in [0.1, 0.15) is 34.3 Å². The molecule has 1 amide bonds. The minimum Gasteiger partial charge on any atom is -0.505 e. The lowest BCUT2D eigenvalue weighted by molar-refractivity contribution is -0.160. The van der Waals surface area contributed by atoms with Crippen LogP contribution in [0.3, 0.4) is 0 Å². The Balaban J connectivity index is 1.47. The van der Waals surface area contributed by atoms with Gasteiger partial charge in [0, 0.05) is 97.6 Å². The maximum absolute atomic E-state index is 14.4. The van der Waals surface area contributed by atoms with Crippen molar-refractivity contribution in [1.29, 1.82) is 0 Å². The van der Waals surface area contributed by atoms with E-state index in [0.29, 0.717) is 5.69 Å². The molecular weight excluding hydrogens is 829 g/mol. The van der Waals surface area contributed by atoms with E-state index in [9.17, 15) is 39.7 Å². The third-order valence-electron chi connectivity index (χ3n) is 13.2. The average molecular weight is 885 g/mol. The first-order chi connectivity index (χ1) is 30.3. The van der Waals surface area contributed by atoms with E-state index in [-0.39, 0.29) is 66.9 Å². The van der Waals surface area contributed by atoms with Crippen LogP contribution in [0.1, 0.15) is 78.5 Å². The van der Waals surface area contributed by atoms with Crippen LogP contribution in [-0.2, 0) is 23.8 Å². The number of allylic oxidation sites excluding steroid dienone is 2. The standard InChI is InChI=1S/C47H56N4O13/c1-21-13-12-14-22(2)46(58)49-37-41(57)33-32(36-44(37)63-31-20-28(51-16-10-11-17-51)19-29(53)35(31)48-36)34-43(26(6)40(33)56)64-47(8,45(34)50-59)61-18-15-30(60-9)23(3)42(62-27(7)52)25(5)39(55)24(4)38(21)54/h12-15,18-21,23-25,30,38-39,42,45,53-55,57H,10-11,16-17H2,1-9H3,(H,49,58)/t21-,23+,24+,25+,30-,38-,39+,42+,45?,47-/m0/s1. The summed E-state index contributed by atoms with van der Waals surface area (Å²) in [6.45, 7) is 14.1. The molecule has 1 unspecified atom stereocenters. The molecule has 1 aromatic heterocycles. The molecule has 3 aliphatic heterocycles. The van der Waals surface area contributed by atoms with Gasteiger partial charge in [-0.3, -0.25) is 14.4 Å². The lowest BCUT2D eigenvalue weighted by atomic mass is 9.78. The second kappa shape index (κ2) is 17.9. The molecule has 3 aromatic carbocycles. The smallest absolute Gasteiger partial charge is 0.302 e. The molecule has 0 saturated carbocycles. The van der Waals surface area contributed by atoms with Crippen LogP contribution in [0.15, 0.2) is 62.7 Å². The summed E-state index contributed by atoms with van der Waals surface area (Å²) in [5.74, 6) is -6.70. The van der Waals surface area contributed by atoms with Crippen molar-refractivity contribution in [1.82, 2.24) is 4.98 Å². The van der Waals surface area contributed by atoms with Crippen molar-refractivity contribution in [3.8, 4) is 17.2 Å². The number of ether oxygens (including phenoxy) is 4. The molecule has 4 aromatic rings. The number of amides is 1. The molecule has 3 aliphatic rings. The molecule has 7 rings (SSSR count). The Bertz CT molecular complexity index is 2670. The number of nitrogens with one attached hydrogen (secondary N) is 1. The third-order valence-corrected chi connectivity index (χ3v) is 13.2. The Morgan fingerprint density at radius 3 is 2.34 bits per heavy atom. The molecule has 4 bridgehead atoms. The number of carbonyl (C=O) groups is 2. The lowest BCUT2D eigenvalue weighted by Crippen LogP contribution is -2.46. The highest BCUT2D eigenvalue weighted by Gasteiger charge is 2.52. The number of aromatic nitrogens is 1. The first-order valence-corrected chi connectivity index (χ1v) is 21.5. The van der Waals surface area contributed by atoms with E-state index in [1.54, 1.807) is 52.0 Å². The summed E-state index contributed by atoms with van der Waals surface area (Å²) in [7, 11) is 1.44. The molecule has 0 aliphatic carbocycles. The number of phenolic OH excluding ortho intramolecular Hbond substituents is 2. The second-order valence-electron chi connectivity index (χ2n) is 17.5. The monoisotopic (exact) mass is 884 g/mol. The Labute approximate surface area is 369 Å². The Kier molecular flexibility index (Phi) is 12.8. The van der Waals surface area contributed by atoms with Crippen LogP contribution in [0.5, 0.6) is 17.2 Å². The highest BCUT2D eigenvalue weighted by atomic mass is 16.7. The first-order valence-electron chi connectivity index (χ1n) is 21.5. The number of nitrogens with zero attached hydrogens (tertiary/aromatic N) is 3. The van der Waals surface area contributed by atoms with Crippen molar-refractivity contribution in [2.24, 2.45) is 28.8 Å². The molecule has 64 heavy (non-hydrogen) atoms. The van der Waals surface area contributed by atoms with Crippen molar-refractivity contribution in [2.45, 2.75) is 104 Å². The normalized spacial score (nSPS) is 29.2. The van der Waals surface area contributed by atoms with Crippen molar-refractivity contribution < 1.29 is 53.4 Å². The van der Waals surface area contributed by atoms with E-state index >= 15 is 0 Å². The number of aromatic hydroxyl groups is 2. The van der Waals surface area contributed by atoms with E-state index in [1.165, 1.54) is 53.2 Å². The number of hydrogen-bond donors (Lipinski definition) is 5. The van der Waals surface area contributed by atoms with Gasteiger partial charge < -0.3 is 54.0 Å². The number of carbonyl (C=O) groups excluding carboxylic acids is 2. The molecule has 17 heteroatoms. The Hall–Kier alpha value is -6.04. The number of aliphatic hydroxyl groups is 2.